The number of ether oxygens (including phenoxy) is 3. The topological polar surface area (TPSA) is 301 Å². The highest BCUT2D eigenvalue weighted by Crippen LogP contribution is 2.35. The second-order valence-corrected chi connectivity index (χ2v) is 29.8. The van der Waals surface area contributed by atoms with Crippen LogP contribution in [0, 0.1) is 35.5 Å². The number of carboxylic acids is 1. The number of imide groups is 1. The normalized spacial score (nSPS) is 15.1. The number of rotatable bonds is 22. The van der Waals surface area contributed by atoms with Gasteiger partial charge in [0.15, 0.2) is 13.2 Å². The van der Waals surface area contributed by atoms with Gasteiger partial charge in [-0.2, -0.15) is 0 Å². The number of pyridine rings is 3. The average Bonchev–Trinajstić information content (AvgIpc) is 1.08. The van der Waals surface area contributed by atoms with Gasteiger partial charge in [-0.3, -0.25) is 47.9 Å². The maximum Gasteiger partial charge on any atom is 0.341 e. The van der Waals surface area contributed by atoms with Crippen molar-refractivity contribution < 1.29 is 66.8 Å². The van der Waals surface area contributed by atoms with Crippen LogP contribution in [0.25, 0.3) is 0 Å². The van der Waals surface area contributed by atoms with Crippen molar-refractivity contribution in [2.45, 2.75) is 26.1 Å². The van der Waals surface area contributed by atoms with E-state index in [9.17, 15) is 47.5 Å². The third-order valence-corrected chi connectivity index (χ3v) is 17.7. The maximum atomic E-state index is 13.7. The van der Waals surface area contributed by atoms with Gasteiger partial charge in [-0.25, -0.2) is 19.7 Å². The van der Waals surface area contributed by atoms with Crippen molar-refractivity contribution >= 4 is 67.8 Å². The second kappa shape index (κ2) is 31.8. The molecule has 1 fully saturated rings. The predicted octanol–water partition coefficient (Wildman–Crippen LogP) is 3.59. The number of nitrogens with zero attached hydrogens (tertiary/aromatic N) is 7. The molecule has 2 atom stereocenters. The summed E-state index contributed by atoms with van der Waals surface area (Å²) in [4.78, 5) is 103. The molecule has 0 aliphatic carbocycles. The third kappa shape index (κ3) is 21.8. The van der Waals surface area contributed by atoms with Crippen LogP contribution < -0.4 is 41.1 Å². The number of methoxy groups -OCH3 is 1. The summed E-state index contributed by atoms with van der Waals surface area (Å²) in [6, 6.07) is 30.9. The lowest BCUT2D eigenvalue weighted by atomic mass is 10.1. The highest BCUT2D eigenvalue weighted by Gasteiger charge is 2.26. The Morgan fingerprint density at radius 3 is 1.22 bits per heavy atom. The Kier molecular flexibility index (Phi) is 23.8. The minimum absolute atomic E-state index is 0.0208. The summed E-state index contributed by atoms with van der Waals surface area (Å²) >= 11 is 0. The van der Waals surface area contributed by atoms with Gasteiger partial charge in [0.05, 0.1) is 24.2 Å². The molecule has 0 bridgehead atoms. The number of carbonyl (C=O) groups excluding carboxylic acids is 4. The summed E-state index contributed by atoms with van der Waals surface area (Å²) < 4.78 is 56.5. The molecule has 2 aliphatic rings. The number of carbonyl (C=O) groups is 5. The SMILES string of the molecule is COc1ccc(C#Cc2cc(CN3CCN(Cc4cc(C#Cc5ccc(OCC(=O)O)cc5)cc(P(C)(C)=O)n4)CCN(Cc4cc(C#Cc5ccc(OCC(=O)NCCNC(=O)CCN6C(=O)C=CC6=O)cc5)cc(P(C)(=O)O)n4)CC3)nc(P(C)(=O)O)c2)cc1. The lowest BCUT2D eigenvalue weighted by molar-refractivity contribution is -0.140. The van der Waals surface area contributed by atoms with Crippen molar-refractivity contribution in [3.63, 3.8) is 0 Å². The number of carboxylic acid groups (broad SMARTS) is 1. The zero-order valence-corrected chi connectivity index (χ0v) is 54.1. The van der Waals surface area contributed by atoms with E-state index in [0.717, 1.165) is 22.6 Å². The summed E-state index contributed by atoms with van der Waals surface area (Å²) in [5, 5.41) is 14.3. The quantitative estimate of drug-likeness (QED) is 0.0281. The van der Waals surface area contributed by atoms with E-state index in [2.05, 4.69) is 60.9 Å². The molecule has 0 spiro atoms. The highest BCUT2D eigenvalue weighted by atomic mass is 31.2. The zero-order chi connectivity index (χ0) is 66.0. The van der Waals surface area contributed by atoms with Gasteiger partial charge in [-0.1, -0.05) is 35.5 Å². The largest absolute Gasteiger partial charge is 0.497 e. The molecular weight excluding hydrogens is 1240 g/mol. The predicted molar refractivity (Wildman–Crippen MR) is 347 cm³/mol. The van der Waals surface area contributed by atoms with E-state index >= 15 is 0 Å². The van der Waals surface area contributed by atoms with Crippen molar-refractivity contribution in [2.24, 2.45) is 0 Å². The Morgan fingerprint density at radius 2 is 0.848 bits per heavy atom. The van der Waals surface area contributed by atoms with Crippen LogP contribution in [0.1, 0.15) is 56.9 Å². The molecule has 3 aromatic heterocycles. The number of hydrogen-bond donors (Lipinski definition) is 5. The molecule has 3 aromatic carbocycles. The molecule has 0 radical (unpaired) electrons. The van der Waals surface area contributed by atoms with Gasteiger partial charge in [-0.15, -0.1) is 0 Å². The first-order chi connectivity index (χ1) is 43.8. The number of aromatic nitrogens is 3. The molecule has 4 amide bonds. The monoisotopic (exact) mass is 1310 g/mol. The zero-order valence-electron chi connectivity index (χ0n) is 51.5. The third-order valence-electron chi connectivity index (χ3n) is 14.2. The number of amides is 4. The summed E-state index contributed by atoms with van der Waals surface area (Å²) in [7, 11) is -9.08. The Hall–Kier alpha value is -9.03. The summed E-state index contributed by atoms with van der Waals surface area (Å²) in [6.45, 7) is 9.10. The fourth-order valence-corrected chi connectivity index (χ4v) is 11.5. The van der Waals surface area contributed by atoms with E-state index in [1.807, 2.05) is 24.3 Å². The molecule has 2 aliphatic heterocycles. The van der Waals surface area contributed by atoms with Gasteiger partial charge in [0, 0.05) is 144 Å². The van der Waals surface area contributed by atoms with Crippen LogP contribution >= 0.6 is 21.9 Å². The molecule has 6 aromatic rings. The van der Waals surface area contributed by atoms with Crippen LogP contribution in [0.2, 0.25) is 0 Å². The summed E-state index contributed by atoms with van der Waals surface area (Å²) in [6.07, 6.45) is 2.22. The van der Waals surface area contributed by atoms with Gasteiger partial charge < -0.3 is 44.3 Å². The number of hydrogen-bond acceptors (Lipinski definition) is 17. The summed E-state index contributed by atoms with van der Waals surface area (Å²) in [5.74, 6) is 17.5. The van der Waals surface area contributed by atoms with E-state index in [-0.39, 0.29) is 62.5 Å². The van der Waals surface area contributed by atoms with Crippen molar-refractivity contribution in [3.05, 3.63) is 172 Å². The van der Waals surface area contributed by atoms with E-state index in [4.69, 9.17) is 34.3 Å². The molecule has 1 saturated heterocycles. The van der Waals surface area contributed by atoms with Crippen LogP contribution in [0.15, 0.2) is 121 Å². The molecule has 8 rings (SSSR count). The lowest BCUT2D eigenvalue weighted by Crippen LogP contribution is -2.38. The van der Waals surface area contributed by atoms with E-state index in [1.165, 1.54) is 25.5 Å². The van der Waals surface area contributed by atoms with Gasteiger partial charge in [0.2, 0.25) is 20.6 Å². The molecule has 26 heteroatoms. The first-order valence-electron chi connectivity index (χ1n) is 29.1. The van der Waals surface area contributed by atoms with E-state index in [0.29, 0.717) is 113 Å². The Labute approximate surface area is 533 Å². The minimum Gasteiger partial charge on any atom is -0.497 e. The average molecular weight is 1310 g/mol. The molecule has 5 N–H and O–H groups in total. The van der Waals surface area contributed by atoms with Crippen LogP contribution in [0.5, 0.6) is 17.2 Å². The number of aliphatic carboxylic acids is 1. The van der Waals surface area contributed by atoms with Crippen molar-refractivity contribution in [1.82, 2.24) is 45.2 Å². The molecule has 23 nitrogen and oxygen atoms in total. The lowest BCUT2D eigenvalue weighted by Gasteiger charge is -2.26. The standard InChI is InChI=1S/C66H70N9O14P3/c1-87-56-18-12-47(13-19-56)7-10-51-37-54(70-62(40-51)91(4,83)84)43-73-32-30-72(42-53-36-50(39-61(69-53)90(2,3)82)9-6-48-16-22-58(23-17-48)89-46-66(80)81)31-33-74(35-34-73)44-55-38-52(41-63(71-55)92(5,85)86)11-8-49-14-20-57(21-15-49)88-45-60(77)68-28-27-67-59(76)26-29-75-64(78)24-25-65(75)79/h12-25,36-41H,26-35,42-46H2,1-5H3,(H,67,76)(H,68,77)(H,80,81)(H,83,84)(H,85,86). The van der Waals surface area contributed by atoms with Crippen molar-refractivity contribution in [2.75, 3.05) is 106 Å². The van der Waals surface area contributed by atoms with Gasteiger partial charge in [0.1, 0.15) is 40.7 Å². The molecule has 5 heterocycles. The Morgan fingerprint density at radius 1 is 0.500 bits per heavy atom. The Bertz CT molecular complexity index is 4080. The second-order valence-electron chi connectivity index (χ2n) is 22.2. The highest BCUT2D eigenvalue weighted by molar-refractivity contribution is 7.69. The number of benzene rings is 3. The first kappa shape index (κ1) is 68.9. The molecule has 92 heavy (non-hydrogen) atoms. The molecule has 478 valence electrons. The van der Waals surface area contributed by atoms with E-state index in [1.54, 1.807) is 93.2 Å². The van der Waals surface area contributed by atoms with Crippen LogP contribution in [0.3, 0.4) is 0 Å². The molecule has 2 unspecified atom stereocenters. The minimum atomic E-state index is -3.91. The van der Waals surface area contributed by atoms with Gasteiger partial charge >= 0.3 is 5.97 Å². The fourth-order valence-electron chi connectivity index (χ4n) is 9.30. The fraction of sp³-hybridized carbons (Fsp3) is 0.303. The van der Waals surface area contributed by atoms with E-state index < -0.39 is 52.2 Å². The van der Waals surface area contributed by atoms with Crippen molar-refractivity contribution in [3.8, 4) is 52.8 Å². The van der Waals surface area contributed by atoms with Crippen molar-refractivity contribution in [1.29, 1.82) is 0 Å². The maximum absolute atomic E-state index is 13.7. The molecular formula is C66H70N9O14P3. The smallest absolute Gasteiger partial charge is 0.341 e. The van der Waals surface area contributed by atoms with Crippen LogP contribution in [-0.2, 0) is 57.3 Å². The van der Waals surface area contributed by atoms with Crippen LogP contribution in [0.4, 0.5) is 0 Å². The van der Waals surface area contributed by atoms with Crippen LogP contribution in [-0.4, -0.2) is 185 Å². The number of nitrogens with one attached hydrogen (secondary N) is 2. The van der Waals surface area contributed by atoms with Gasteiger partial charge in [-0.05, 0) is 123 Å². The molecule has 0 saturated carbocycles. The first-order valence-corrected chi connectivity index (χ1v) is 35.9. The Balaban J connectivity index is 0.995. The summed E-state index contributed by atoms with van der Waals surface area (Å²) in [5.41, 5.74) is 5.57. The van der Waals surface area contributed by atoms with Gasteiger partial charge in [0.25, 0.3) is 17.7 Å².